The van der Waals surface area contributed by atoms with E-state index in [0.717, 1.165) is 64.2 Å². The standard InChI is InChI=1S/C58H98O14/c1-3-5-7-9-11-13-15-17-19-20-21-22-23-24-25-26-27-29-31-33-35-37-39-41-50(60)70-47(44-67-42-40-38-36-34-32-30-28-18-16-14-12-10-8-6-4-2)45-68-57-56(66)54(64)52(62)49(72-57)46-69-58-55(65)53(63)51(61)48(43-59)71-58/h5,7,11,13,17,19,21-22,24-25,27,29,33,35,47-49,51-59,61-66H,3-4,6,8-10,12,14-16,18,20,23,26,28,30-32,34,36-46H2,1-2H3/b7-5-,13-11-,19-17-,22-21-,25-24-,29-27-,35-33-. The summed E-state index contributed by atoms with van der Waals surface area (Å²) in [6.45, 7) is 3.50. The van der Waals surface area contributed by atoms with E-state index in [2.05, 4.69) is 92.8 Å². The molecular weight excluding hydrogens is 921 g/mol. The number of hydrogen-bond donors (Lipinski definition) is 7. The summed E-state index contributed by atoms with van der Waals surface area (Å²) in [7, 11) is 0. The molecule has 2 saturated heterocycles. The fourth-order valence-corrected chi connectivity index (χ4v) is 8.21. The Kier molecular flexibility index (Phi) is 40.3. The molecule has 0 aromatic heterocycles. The fraction of sp³-hybridized carbons (Fsp3) is 0.741. The summed E-state index contributed by atoms with van der Waals surface area (Å²) in [6, 6.07) is 0. The molecule has 0 aromatic rings. The molecule has 414 valence electrons. The van der Waals surface area contributed by atoms with Crippen LogP contribution in [-0.4, -0.2) is 142 Å². The first kappa shape index (κ1) is 65.3. The maximum absolute atomic E-state index is 13.0. The minimum absolute atomic E-state index is 0.0356. The second-order valence-corrected chi connectivity index (χ2v) is 19.0. The number of allylic oxidation sites excluding steroid dienone is 14. The molecule has 2 heterocycles. The van der Waals surface area contributed by atoms with Gasteiger partial charge in [0.2, 0.25) is 0 Å². The molecule has 11 unspecified atom stereocenters. The van der Waals surface area contributed by atoms with Crippen molar-refractivity contribution in [1.82, 2.24) is 0 Å². The lowest BCUT2D eigenvalue weighted by Gasteiger charge is -2.42. The summed E-state index contributed by atoms with van der Waals surface area (Å²) in [5, 5.41) is 72.2. The van der Waals surface area contributed by atoms with Crippen LogP contribution in [0.4, 0.5) is 0 Å². The van der Waals surface area contributed by atoms with Crippen molar-refractivity contribution >= 4 is 5.97 Å². The van der Waals surface area contributed by atoms with Gasteiger partial charge in [0.05, 0.1) is 26.4 Å². The maximum atomic E-state index is 13.0. The topological polar surface area (TPSA) is 214 Å². The molecule has 0 aromatic carbocycles. The van der Waals surface area contributed by atoms with Crippen molar-refractivity contribution in [1.29, 1.82) is 0 Å². The first-order valence-corrected chi connectivity index (χ1v) is 27.7. The van der Waals surface area contributed by atoms with Gasteiger partial charge in [-0.05, 0) is 64.2 Å². The molecule has 2 rings (SSSR count). The van der Waals surface area contributed by atoms with Gasteiger partial charge >= 0.3 is 5.97 Å². The number of aliphatic hydroxyl groups is 7. The quantitative estimate of drug-likeness (QED) is 0.0172. The van der Waals surface area contributed by atoms with Gasteiger partial charge in [0, 0.05) is 13.0 Å². The molecule has 11 atom stereocenters. The highest BCUT2D eigenvalue weighted by Gasteiger charge is 2.47. The van der Waals surface area contributed by atoms with Crippen LogP contribution in [0, 0.1) is 0 Å². The number of carbonyl (C=O) groups excluding carboxylic acids is 1. The van der Waals surface area contributed by atoms with Gasteiger partial charge in [-0.3, -0.25) is 4.79 Å². The Morgan fingerprint density at radius 2 is 0.889 bits per heavy atom. The normalized spacial score (nSPS) is 25.8. The van der Waals surface area contributed by atoms with E-state index in [4.69, 9.17) is 28.4 Å². The Balaban J connectivity index is 1.77. The molecule has 0 saturated carbocycles. The van der Waals surface area contributed by atoms with E-state index in [1.807, 2.05) is 6.08 Å². The van der Waals surface area contributed by atoms with Crippen molar-refractivity contribution in [3.8, 4) is 0 Å². The van der Waals surface area contributed by atoms with Crippen molar-refractivity contribution in [3.05, 3.63) is 85.1 Å². The minimum atomic E-state index is -1.72. The smallest absolute Gasteiger partial charge is 0.306 e. The van der Waals surface area contributed by atoms with Crippen LogP contribution in [0.3, 0.4) is 0 Å². The van der Waals surface area contributed by atoms with Crippen LogP contribution < -0.4 is 0 Å². The molecule has 0 amide bonds. The molecular formula is C58H98O14. The number of rotatable bonds is 43. The lowest BCUT2D eigenvalue weighted by molar-refractivity contribution is -0.332. The Morgan fingerprint density at radius 3 is 1.36 bits per heavy atom. The summed E-state index contributed by atoms with van der Waals surface area (Å²) in [5.41, 5.74) is 0. The molecule has 2 fully saturated rings. The molecule has 2 aliphatic heterocycles. The summed E-state index contributed by atoms with van der Waals surface area (Å²) in [6.07, 6.45) is 40.7. The van der Waals surface area contributed by atoms with Crippen LogP contribution in [0.2, 0.25) is 0 Å². The van der Waals surface area contributed by atoms with Gasteiger partial charge in [-0.25, -0.2) is 0 Å². The van der Waals surface area contributed by atoms with Crippen molar-refractivity contribution in [3.63, 3.8) is 0 Å². The van der Waals surface area contributed by atoms with Gasteiger partial charge in [-0.15, -0.1) is 0 Å². The van der Waals surface area contributed by atoms with Gasteiger partial charge in [0.15, 0.2) is 12.6 Å². The molecule has 7 N–H and O–H groups in total. The highest BCUT2D eigenvalue weighted by atomic mass is 16.7. The van der Waals surface area contributed by atoms with E-state index in [-0.39, 0.29) is 19.6 Å². The van der Waals surface area contributed by atoms with Crippen molar-refractivity contribution in [2.24, 2.45) is 0 Å². The second-order valence-electron chi connectivity index (χ2n) is 19.0. The average molecular weight is 1020 g/mol. The largest absolute Gasteiger partial charge is 0.457 e. The third kappa shape index (κ3) is 31.1. The van der Waals surface area contributed by atoms with E-state index >= 15 is 0 Å². The Hall–Kier alpha value is -2.83. The summed E-state index contributed by atoms with van der Waals surface area (Å²) in [5.74, 6) is -0.434. The van der Waals surface area contributed by atoms with Gasteiger partial charge in [0.25, 0.3) is 0 Å². The summed E-state index contributed by atoms with van der Waals surface area (Å²) in [4.78, 5) is 13.0. The molecule has 0 radical (unpaired) electrons. The van der Waals surface area contributed by atoms with Crippen molar-refractivity contribution in [2.45, 2.75) is 242 Å². The first-order valence-electron chi connectivity index (χ1n) is 27.7. The zero-order chi connectivity index (χ0) is 52.3. The molecule has 14 heteroatoms. The summed E-state index contributed by atoms with van der Waals surface area (Å²) < 4.78 is 34.3. The third-order valence-corrected chi connectivity index (χ3v) is 12.7. The molecule has 0 bridgehead atoms. The monoisotopic (exact) mass is 1020 g/mol. The van der Waals surface area contributed by atoms with Crippen LogP contribution in [0.5, 0.6) is 0 Å². The van der Waals surface area contributed by atoms with E-state index in [1.165, 1.54) is 77.0 Å². The lowest BCUT2D eigenvalue weighted by atomic mass is 9.98. The predicted octanol–water partition coefficient (Wildman–Crippen LogP) is 9.24. The van der Waals surface area contributed by atoms with Crippen molar-refractivity contribution in [2.75, 3.05) is 33.0 Å². The van der Waals surface area contributed by atoms with Crippen LogP contribution in [0.25, 0.3) is 0 Å². The van der Waals surface area contributed by atoms with Crippen LogP contribution >= 0.6 is 0 Å². The first-order chi connectivity index (χ1) is 35.1. The SMILES string of the molecule is CC/C=C\C/C=C\C/C=C\C/C=C\C/C=C\C/C=C\C/C=C\CCCC(=O)OC(COCCCCCCCCCCCCCCCCC)COC1OC(COC2OC(CO)C(O)C(O)C2O)C(O)C(O)C1O. The highest BCUT2D eigenvalue weighted by Crippen LogP contribution is 2.26. The van der Waals surface area contributed by atoms with E-state index in [0.29, 0.717) is 19.4 Å². The van der Waals surface area contributed by atoms with Crippen molar-refractivity contribution < 1.29 is 69.0 Å². The van der Waals surface area contributed by atoms with E-state index in [1.54, 1.807) is 0 Å². The van der Waals surface area contributed by atoms with Crippen LogP contribution in [0.1, 0.15) is 174 Å². The van der Waals surface area contributed by atoms with Gasteiger partial charge in [-0.1, -0.05) is 189 Å². The lowest BCUT2D eigenvalue weighted by Crippen LogP contribution is -2.61. The number of unbranched alkanes of at least 4 members (excludes halogenated alkanes) is 15. The molecule has 72 heavy (non-hydrogen) atoms. The number of hydrogen-bond acceptors (Lipinski definition) is 14. The molecule has 0 aliphatic carbocycles. The number of aliphatic hydroxyl groups excluding tert-OH is 7. The Morgan fingerprint density at radius 1 is 0.472 bits per heavy atom. The highest BCUT2D eigenvalue weighted by molar-refractivity contribution is 5.69. The minimum Gasteiger partial charge on any atom is -0.457 e. The van der Waals surface area contributed by atoms with Crippen LogP contribution in [0.15, 0.2) is 85.1 Å². The van der Waals surface area contributed by atoms with Gasteiger partial charge in [-0.2, -0.15) is 0 Å². The molecule has 14 nitrogen and oxygen atoms in total. The zero-order valence-electron chi connectivity index (χ0n) is 44.1. The fourth-order valence-electron chi connectivity index (χ4n) is 8.21. The van der Waals surface area contributed by atoms with Crippen LogP contribution in [-0.2, 0) is 33.2 Å². The number of ether oxygens (including phenoxy) is 6. The number of esters is 1. The second kappa shape index (κ2) is 44.5. The number of carbonyl (C=O) groups is 1. The van der Waals surface area contributed by atoms with Gasteiger partial charge < -0.3 is 64.2 Å². The zero-order valence-corrected chi connectivity index (χ0v) is 44.1. The van der Waals surface area contributed by atoms with E-state index < -0.39 is 86.7 Å². The van der Waals surface area contributed by atoms with Gasteiger partial charge in [0.1, 0.15) is 54.9 Å². The van der Waals surface area contributed by atoms with E-state index in [9.17, 15) is 40.5 Å². The average Bonchev–Trinajstić information content (AvgIpc) is 3.38. The molecule has 0 spiro atoms. The Bertz CT molecular complexity index is 1510. The predicted molar refractivity (Wildman–Crippen MR) is 284 cm³/mol. The maximum Gasteiger partial charge on any atom is 0.306 e. The molecule has 2 aliphatic rings. The third-order valence-electron chi connectivity index (χ3n) is 12.7. The Labute approximate surface area is 433 Å². The summed E-state index contributed by atoms with van der Waals surface area (Å²) >= 11 is 0.